The van der Waals surface area contributed by atoms with Crippen LogP contribution in [0.4, 0.5) is 0 Å². The molecule has 1 aromatic rings. The predicted molar refractivity (Wildman–Crippen MR) is 107 cm³/mol. The van der Waals surface area contributed by atoms with Gasteiger partial charge in [-0.25, -0.2) is 0 Å². The molecule has 140 valence electrons. The lowest BCUT2D eigenvalue weighted by Gasteiger charge is -2.21. The van der Waals surface area contributed by atoms with Gasteiger partial charge in [0.15, 0.2) is 11.5 Å². The molecule has 0 unspecified atom stereocenters. The Morgan fingerprint density at radius 2 is 1.92 bits per heavy atom. The summed E-state index contributed by atoms with van der Waals surface area (Å²) in [6, 6.07) is 5.73. The first-order valence-electron chi connectivity index (χ1n) is 8.92. The molecule has 0 saturated heterocycles. The molecule has 4 nitrogen and oxygen atoms in total. The number of amides is 1. The summed E-state index contributed by atoms with van der Waals surface area (Å²) in [4.78, 5) is 13.3. The zero-order valence-corrected chi connectivity index (χ0v) is 17.0. The summed E-state index contributed by atoms with van der Waals surface area (Å²) in [6.45, 7) is 2.68. The highest BCUT2D eigenvalue weighted by Gasteiger charge is 2.16. The molecule has 1 atom stereocenters. The quantitative estimate of drug-likeness (QED) is 0.507. The number of rotatable bonds is 9. The number of carbonyl (C=O) groups excluding carboxylic acids is 1. The lowest BCUT2D eigenvalue weighted by Crippen LogP contribution is -2.32. The van der Waals surface area contributed by atoms with Crippen LogP contribution in [0.15, 0.2) is 23.1 Å². The Morgan fingerprint density at radius 3 is 2.60 bits per heavy atom. The van der Waals surface area contributed by atoms with Crippen molar-refractivity contribution in [1.29, 1.82) is 0 Å². The van der Waals surface area contributed by atoms with Crippen molar-refractivity contribution in [1.82, 2.24) is 5.32 Å². The third kappa shape index (κ3) is 6.66. The van der Waals surface area contributed by atoms with Gasteiger partial charge in [-0.3, -0.25) is 4.79 Å². The van der Waals surface area contributed by atoms with Crippen molar-refractivity contribution in [3.8, 4) is 11.5 Å². The van der Waals surface area contributed by atoms with E-state index in [1.165, 1.54) is 43.9 Å². The molecule has 0 heterocycles. The third-order valence-corrected chi connectivity index (χ3v) is 6.82. The first-order valence-corrected chi connectivity index (χ1v) is 10.8. The normalized spacial score (nSPS) is 16.3. The van der Waals surface area contributed by atoms with Crippen molar-refractivity contribution < 1.29 is 14.3 Å². The van der Waals surface area contributed by atoms with Crippen molar-refractivity contribution in [2.24, 2.45) is 0 Å². The Hall–Kier alpha value is -1.01. The van der Waals surface area contributed by atoms with Crippen LogP contribution in [0, 0.1) is 0 Å². The molecule has 1 aliphatic carbocycles. The number of hydrogen-bond acceptors (Lipinski definition) is 5. The zero-order valence-electron chi connectivity index (χ0n) is 15.4. The van der Waals surface area contributed by atoms with Gasteiger partial charge in [-0.15, -0.1) is 11.8 Å². The van der Waals surface area contributed by atoms with E-state index in [9.17, 15) is 4.79 Å². The highest BCUT2D eigenvalue weighted by molar-refractivity contribution is 8.00. The van der Waals surface area contributed by atoms with Crippen LogP contribution in [0.2, 0.25) is 0 Å². The van der Waals surface area contributed by atoms with Gasteiger partial charge in [0.05, 0.1) is 19.5 Å². The van der Waals surface area contributed by atoms with Crippen LogP contribution < -0.4 is 14.8 Å². The lowest BCUT2D eigenvalue weighted by atomic mass is 10.0. The zero-order chi connectivity index (χ0) is 18.1. The van der Waals surface area contributed by atoms with Crippen molar-refractivity contribution in [3.05, 3.63) is 18.2 Å². The number of nitrogens with one attached hydrogen (secondary N) is 1. The van der Waals surface area contributed by atoms with Crippen LogP contribution >= 0.6 is 23.5 Å². The predicted octanol–water partition coefficient (Wildman–Crippen LogP) is 4.37. The Bertz CT molecular complexity index is 547. The summed E-state index contributed by atoms with van der Waals surface area (Å²) in [5, 5.41) is 3.71. The smallest absolute Gasteiger partial charge is 0.233 e. The molecular formula is C19H29NO3S2. The number of hydrogen-bond donors (Lipinski definition) is 1. The van der Waals surface area contributed by atoms with Crippen molar-refractivity contribution in [3.63, 3.8) is 0 Å². The molecule has 0 aliphatic heterocycles. The molecule has 1 amide bonds. The largest absolute Gasteiger partial charge is 0.493 e. The lowest BCUT2D eigenvalue weighted by molar-refractivity contribution is -0.120. The number of ether oxygens (including phenoxy) is 2. The Morgan fingerprint density at radius 1 is 1.20 bits per heavy atom. The fourth-order valence-corrected chi connectivity index (χ4v) is 5.06. The van der Waals surface area contributed by atoms with E-state index in [1.54, 1.807) is 14.2 Å². The summed E-state index contributed by atoms with van der Waals surface area (Å²) in [5.74, 6) is 2.47. The Kier molecular flexibility index (Phi) is 8.82. The molecule has 1 saturated carbocycles. The average Bonchev–Trinajstić information content (AvgIpc) is 2.65. The van der Waals surface area contributed by atoms with Gasteiger partial charge < -0.3 is 14.8 Å². The van der Waals surface area contributed by atoms with E-state index in [4.69, 9.17) is 9.47 Å². The highest BCUT2D eigenvalue weighted by atomic mass is 32.2. The summed E-state index contributed by atoms with van der Waals surface area (Å²) < 4.78 is 10.6. The number of benzene rings is 1. The number of carbonyl (C=O) groups is 1. The minimum absolute atomic E-state index is 0.0871. The van der Waals surface area contributed by atoms with Gasteiger partial charge in [-0.1, -0.05) is 19.3 Å². The van der Waals surface area contributed by atoms with Crippen LogP contribution in [-0.2, 0) is 4.79 Å². The van der Waals surface area contributed by atoms with Crippen LogP contribution in [0.3, 0.4) is 0 Å². The molecule has 1 N–H and O–H groups in total. The maximum absolute atomic E-state index is 12.3. The van der Waals surface area contributed by atoms with E-state index in [2.05, 4.69) is 5.32 Å². The molecule has 1 aromatic carbocycles. The molecule has 6 heteroatoms. The fourth-order valence-electron chi connectivity index (χ4n) is 2.92. The van der Waals surface area contributed by atoms with Gasteiger partial charge in [0.25, 0.3) is 0 Å². The molecule has 0 aromatic heterocycles. The second-order valence-corrected chi connectivity index (χ2v) is 9.02. The van der Waals surface area contributed by atoms with Gasteiger partial charge >= 0.3 is 0 Å². The summed E-state index contributed by atoms with van der Waals surface area (Å²) in [5.41, 5.74) is 0. The summed E-state index contributed by atoms with van der Waals surface area (Å²) >= 11 is 3.54. The second-order valence-electron chi connectivity index (χ2n) is 6.20. The molecule has 0 spiro atoms. The minimum atomic E-state index is -0.141. The molecule has 0 radical (unpaired) electrons. The van der Waals surface area contributed by atoms with Crippen LogP contribution in [0.25, 0.3) is 0 Å². The van der Waals surface area contributed by atoms with Gasteiger partial charge in [0.1, 0.15) is 0 Å². The molecule has 0 bridgehead atoms. The van der Waals surface area contributed by atoms with Gasteiger partial charge in [-0.05, 0) is 38.0 Å². The first-order chi connectivity index (χ1) is 12.1. The van der Waals surface area contributed by atoms with E-state index in [0.717, 1.165) is 22.4 Å². The highest BCUT2D eigenvalue weighted by Crippen LogP contribution is 2.33. The maximum atomic E-state index is 12.3. The molecular weight excluding hydrogens is 354 g/mol. The van der Waals surface area contributed by atoms with E-state index in [1.807, 2.05) is 36.9 Å². The van der Waals surface area contributed by atoms with Gasteiger partial charge in [0, 0.05) is 22.4 Å². The SMILES string of the molecule is COc1ccc(S[C@@H](C)C(=O)NCCSC2CCCCC2)cc1OC. The second kappa shape index (κ2) is 10.9. The number of thioether (sulfide) groups is 2. The van der Waals surface area contributed by atoms with E-state index in [-0.39, 0.29) is 11.2 Å². The minimum Gasteiger partial charge on any atom is -0.493 e. The summed E-state index contributed by atoms with van der Waals surface area (Å²) in [7, 11) is 3.23. The standard InChI is InChI=1S/C19H29NO3S2/c1-14(25-16-9-10-17(22-2)18(13-16)23-3)19(21)20-11-12-24-15-7-5-4-6-8-15/h9-10,13-15H,4-8,11-12H2,1-3H3,(H,20,21)/t14-/m0/s1. The van der Waals surface area contributed by atoms with Crippen molar-refractivity contribution >= 4 is 29.4 Å². The third-order valence-electron chi connectivity index (χ3n) is 4.34. The fraction of sp³-hybridized carbons (Fsp3) is 0.632. The van der Waals surface area contributed by atoms with Gasteiger partial charge in [0.2, 0.25) is 5.91 Å². The monoisotopic (exact) mass is 383 g/mol. The van der Waals surface area contributed by atoms with Crippen LogP contribution in [0.1, 0.15) is 39.0 Å². The molecule has 2 rings (SSSR count). The maximum Gasteiger partial charge on any atom is 0.233 e. The van der Waals surface area contributed by atoms with E-state index in [0.29, 0.717) is 11.5 Å². The van der Waals surface area contributed by atoms with Crippen molar-refractivity contribution in [2.75, 3.05) is 26.5 Å². The first kappa shape index (κ1) is 20.3. The Labute approximate surface area is 159 Å². The Balaban J connectivity index is 1.72. The van der Waals surface area contributed by atoms with Gasteiger partial charge in [-0.2, -0.15) is 11.8 Å². The molecule has 25 heavy (non-hydrogen) atoms. The van der Waals surface area contributed by atoms with Crippen LogP contribution in [-0.4, -0.2) is 42.9 Å². The van der Waals surface area contributed by atoms with E-state index < -0.39 is 0 Å². The number of methoxy groups -OCH3 is 2. The average molecular weight is 384 g/mol. The van der Waals surface area contributed by atoms with E-state index >= 15 is 0 Å². The molecule has 1 aliphatic rings. The van der Waals surface area contributed by atoms with Crippen LogP contribution in [0.5, 0.6) is 11.5 Å². The topological polar surface area (TPSA) is 47.6 Å². The summed E-state index contributed by atoms with van der Waals surface area (Å²) in [6.07, 6.45) is 6.79. The van der Waals surface area contributed by atoms with Crippen molar-refractivity contribution in [2.45, 2.75) is 54.4 Å². The molecule has 1 fully saturated rings.